The number of nitrogens with zero attached hydrogens (tertiary/aromatic N) is 5. The van der Waals surface area contributed by atoms with Crippen molar-refractivity contribution in [3.05, 3.63) is 30.1 Å². The van der Waals surface area contributed by atoms with Crippen molar-refractivity contribution < 1.29 is 9.15 Å². The summed E-state index contributed by atoms with van der Waals surface area (Å²) in [6.45, 7) is 2.84. The lowest BCUT2D eigenvalue weighted by Crippen LogP contribution is -2.37. The van der Waals surface area contributed by atoms with Crippen LogP contribution in [0.5, 0.6) is 0 Å². The van der Waals surface area contributed by atoms with E-state index in [4.69, 9.17) is 19.1 Å². The third-order valence-electron chi connectivity index (χ3n) is 5.75. The molecule has 0 aromatic carbocycles. The molecule has 2 aliphatic rings. The first-order chi connectivity index (χ1) is 14.3. The Bertz CT molecular complexity index is 1170. The Morgan fingerprint density at radius 1 is 1.17 bits per heavy atom. The summed E-state index contributed by atoms with van der Waals surface area (Å²) in [6, 6.07) is 5.92. The van der Waals surface area contributed by atoms with Gasteiger partial charge < -0.3 is 19.4 Å². The van der Waals surface area contributed by atoms with Gasteiger partial charge in [0, 0.05) is 31.3 Å². The molecule has 0 bridgehead atoms. The Morgan fingerprint density at radius 2 is 2.07 bits per heavy atom. The molecule has 0 amide bonds. The van der Waals surface area contributed by atoms with E-state index < -0.39 is 0 Å². The summed E-state index contributed by atoms with van der Waals surface area (Å²) in [5, 5.41) is 11.7. The highest BCUT2D eigenvalue weighted by Gasteiger charge is 2.24. The lowest BCUT2D eigenvalue weighted by Gasteiger charge is -2.27. The highest BCUT2D eigenvalue weighted by molar-refractivity contribution is 6.05. The lowest BCUT2D eigenvalue weighted by molar-refractivity contribution is 0.122. The number of anilines is 3. The van der Waals surface area contributed by atoms with E-state index in [-0.39, 0.29) is 0 Å². The minimum Gasteiger partial charge on any atom is -0.432 e. The highest BCUT2D eigenvalue weighted by Crippen LogP contribution is 2.37. The summed E-state index contributed by atoms with van der Waals surface area (Å²) in [6.07, 6.45) is 5.42. The van der Waals surface area contributed by atoms with Gasteiger partial charge in [0.2, 0.25) is 11.7 Å². The number of furan rings is 1. The minimum atomic E-state index is 0.509. The first kappa shape index (κ1) is 16.7. The van der Waals surface area contributed by atoms with E-state index in [1.54, 1.807) is 6.20 Å². The van der Waals surface area contributed by atoms with Crippen molar-refractivity contribution in [1.82, 2.24) is 25.1 Å². The van der Waals surface area contributed by atoms with E-state index in [9.17, 15) is 0 Å². The van der Waals surface area contributed by atoms with E-state index in [1.807, 2.05) is 12.1 Å². The number of rotatable bonds is 4. The van der Waals surface area contributed by atoms with Gasteiger partial charge in [-0.2, -0.15) is 10.1 Å². The second-order valence-electron chi connectivity index (χ2n) is 7.57. The molecule has 29 heavy (non-hydrogen) atoms. The summed E-state index contributed by atoms with van der Waals surface area (Å²) >= 11 is 0. The lowest BCUT2D eigenvalue weighted by atomic mass is 9.83. The molecule has 0 radical (unpaired) electrons. The van der Waals surface area contributed by atoms with Crippen LogP contribution in [0, 0.1) is 0 Å². The van der Waals surface area contributed by atoms with Crippen LogP contribution in [0.3, 0.4) is 0 Å². The quantitative estimate of drug-likeness (QED) is 0.546. The third kappa shape index (κ3) is 2.89. The normalized spacial score (nSPS) is 17.7. The number of nitrogens with one attached hydrogen (secondary N) is 2. The molecule has 0 spiro atoms. The van der Waals surface area contributed by atoms with E-state index in [1.165, 1.54) is 19.3 Å². The number of pyridine rings is 1. The van der Waals surface area contributed by atoms with Crippen molar-refractivity contribution in [2.45, 2.75) is 25.2 Å². The topological polar surface area (TPSA) is 105 Å². The molecule has 0 atom stereocenters. The van der Waals surface area contributed by atoms with Gasteiger partial charge in [-0.3, -0.25) is 5.10 Å². The molecule has 9 nitrogen and oxygen atoms in total. The number of aromatic nitrogens is 5. The first-order valence-corrected chi connectivity index (χ1v) is 10.1. The average Bonchev–Trinajstić information content (AvgIpc) is 3.31. The standard InChI is InChI=1S/C20H21N7O2/c1-3-12(4-1)14-11-15(26-25-14)22-20-23-16-13-5-2-6-21-19(13)29-17(16)18(24-20)27-7-9-28-10-8-27/h2,5-6,11-12H,1,3-4,7-10H2,(H2,22,23,24,25,26). The van der Waals surface area contributed by atoms with Crippen LogP contribution >= 0.6 is 0 Å². The van der Waals surface area contributed by atoms with Crippen molar-refractivity contribution >= 4 is 39.8 Å². The van der Waals surface area contributed by atoms with Gasteiger partial charge in [-0.25, -0.2) is 9.97 Å². The molecule has 4 aromatic heterocycles. The third-order valence-corrected chi connectivity index (χ3v) is 5.75. The van der Waals surface area contributed by atoms with Gasteiger partial charge in [0.15, 0.2) is 11.4 Å². The Balaban J connectivity index is 1.43. The summed E-state index contributed by atoms with van der Waals surface area (Å²) in [5.74, 6) is 2.63. The van der Waals surface area contributed by atoms with Crippen LogP contribution in [0.25, 0.3) is 22.2 Å². The van der Waals surface area contributed by atoms with Crippen LogP contribution in [-0.4, -0.2) is 51.5 Å². The maximum atomic E-state index is 6.03. The Hall–Kier alpha value is -3.20. The number of fused-ring (bicyclic) bond motifs is 3. The number of hydrogen-bond donors (Lipinski definition) is 2. The van der Waals surface area contributed by atoms with Crippen LogP contribution < -0.4 is 10.2 Å². The highest BCUT2D eigenvalue weighted by atomic mass is 16.5. The van der Waals surface area contributed by atoms with Gasteiger partial charge in [-0.05, 0) is 25.0 Å². The molecule has 0 unspecified atom stereocenters. The van der Waals surface area contributed by atoms with Crippen LogP contribution in [0.2, 0.25) is 0 Å². The van der Waals surface area contributed by atoms with Crippen molar-refractivity contribution in [2.75, 3.05) is 36.5 Å². The van der Waals surface area contributed by atoms with Crippen molar-refractivity contribution in [3.63, 3.8) is 0 Å². The van der Waals surface area contributed by atoms with Gasteiger partial charge in [0.05, 0.1) is 24.3 Å². The van der Waals surface area contributed by atoms with E-state index in [0.717, 1.165) is 41.3 Å². The van der Waals surface area contributed by atoms with Gasteiger partial charge in [0.1, 0.15) is 11.3 Å². The van der Waals surface area contributed by atoms with Crippen molar-refractivity contribution in [3.8, 4) is 0 Å². The van der Waals surface area contributed by atoms with Crippen LogP contribution in [0.1, 0.15) is 30.9 Å². The molecule has 1 aliphatic carbocycles. The van der Waals surface area contributed by atoms with E-state index in [0.29, 0.717) is 36.4 Å². The summed E-state index contributed by atoms with van der Waals surface area (Å²) in [7, 11) is 0. The fraction of sp³-hybridized carbons (Fsp3) is 0.400. The summed E-state index contributed by atoms with van der Waals surface area (Å²) in [4.78, 5) is 16.0. The van der Waals surface area contributed by atoms with Crippen molar-refractivity contribution in [2.24, 2.45) is 0 Å². The van der Waals surface area contributed by atoms with Crippen molar-refractivity contribution in [1.29, 1.82) is 0 Å². The number of hydrogen-bond acceptors (Lipinski definition) is 8. The van der Waals surface area contributed by atoms with E-state index >= 15 is 0 Å². The zero-order chi connectivity index (χ0) is 19.2. The number of H-pyrrole nitrogens is 1. The molecular weight excluding hydrogens is 370 g/mol. The Labute approximate surface area is 166 Å². The predicted octanol–water partition coefficient (Wildman–Crippen LogP) is 3.34. The fourth-order valence-electron chi connectivity index (χ4n) is 3.94. The molecule has 9 heteroatoms. The largest absolute Gasteiger partial charge is 0.432 e. The summed E-state index contributed by atoms with van der Waals surface area (Å²) < 4.78 is 11.5. The maximum Gasteiger partial charge on any atom is 0.231 e. The molecule has 2 fully saturated rings. The van der Waals surface area contributed by atoms with Gasteiger partial charge in [0.25, 0.3) is 0 Å². The second kappa shape index (κ2) is 6.70. The number of aromatic amines is 1. The first-order valence-electron chi connectivity index (χ1n) is 10.1. The van der Waals surface area contributed by atoms with Crippen LogP contribution in [0.4, 0.5) is 17.6 Å². The molecular formula is C20H21N7O2. The molecule has 5 heterocycles. The molecule has 1 aliphatic heterocycles. The molecule has 4 aromatic rings. The van der Waals surface area contributed by atoms with Gasteiger partial charge in [-0.15, -0.1) is 0 Å². The molecule has 2 N–H and O–H groups in total. The number of ether oxygens (including phenoxy) is 1. The Kier molecular flexibility index (Phi) is 3.86. The summed E-state index contributed by atoms with van der Waals surface area (Å²) in [5.41, 5.74) is 3.08. The zero-order valence-corrected chi connectivity index (χ0v) is 15.9. The molecule has 1 saturated carbocycles. The van der Waals surface area contributed by atoms with Crippen LogP contribution in [0.15, 0.2) is 28.8 Å². The fourth-order valence-corrected chi connectivity index (χ4v) is 3.94. The average molecular weight is 391 g/mol. The zero-order valence-electron chi connectivity index (χ0n) is 15.9. The second-order valence-corrected chi connectivity index (χ2v) is 7.57. The smallest absolute Gasteiger partial charge is 0.231 e. The van der Waals surface area contributed by atoms with Crippen LogP contribution in [-0.2, 0) is 4.74 Å². The monoisotopic (exact) mass is 391 g/mol. The molecule has 6 rings (SSSR count). The predicted molar refractivity (Wildman–Crippen MR) is 109 cm³/mol. The number of morpholine rings is 1. The Morgan fingerprint density at radius 3 is 2.90 bits per heavy atom. The maximum absolute atomic E-state index is 6.03. The molecule has 148 valence electrons. The van der Waals surface area contributed by atoms with E-state index in [2.05, 4.69) is 31.5 Å². The van der Waals surface area contributed by atoms with Gasteiger partial charge >= 0.3 is 0 Å². The minimum absolute atomic E-state index is 0.509. The molecule has 1 saturated heterocycles. The SMILES string of the molecule is c1cnc2oc3c(N4CCOCC4)nc(Nc4cc(C5CCC5)n[nH]4)nc3c2c1. The van der Waals surface area contributed by atoms with Gasteiger partial charge in [-0.1, -0.05) is 6.42 Å².